The Labute approximate surface area is 163 Å². The number of hydrogen-bond acceptors (Lipinski definition) is 6. The van der Waals surface area contributed by atoms with Gasteiger partial charge >= 0.3 is 5.97 Å². The normalized spacial score (nSPS) is 12.0. The van der Waals surface area contributed by atoms with Crippen molar-refractivity contribution < 1.29 is 28.5 Å². The maximum Gasteiger partial charge on any atom is 0.344 e. The molecule has 0 aliphatic carbocycles. The van der Waals surface area contributed by atoms with Gasteiger partial charge in [-0.25, -0.2) is 4.79 Å². The fourth-order valence-electron chi connectivity index (χ4n) is 2.89. The van der Waals surface area contributed by atoms with Gasteiger partial charge in [0.05, 0.1) is 0 Å². The number of amides is 1. The molecule has 0 atom stereocenters. The number of esters is 1. The number of fused-ring (bicyclic) bond motifs is 1. The van der Waals surface area contributed by atoms with Crippen LogP contribution in [0.2, 0.25) is 0 Å². The molecule has 0 spiro atoms. The van der Waals surface area contributed by atoms with Gasteiger partial charge in [0.25, 0.3) is 5.91 Å². The summed E-state index contributed by atoms with van der Waals surface area (Å²) in [5.41, 5.74) is 2.86. The van der Waals surface area contributed by atoms with Crippen molar-refractivity contribution in [1.29, 1.82) is 0 Å². The van der Waals surface area contributed by atoms with Gasteiger partial charge in [-0.2, -0.15) is 0 Å². The molecule has 1 aliphatic rings. The van der Waals surface area contributed by atoms with Gasteiger partial charge in [-0.3, -0.25) is 4.79 Å². The minimum Gasteiger partial charge on any atom is -0.482 e. The van der Waals surface area contributed by atoms with Crippen LogP contribution in [0.5, 0.6) is 17.2 Å². The predicted molar refractivity (Wildman–Crippen MR) is 103 cm³/mol. The van der Waals surface area contributed by atoms with Gasteiger partial charge in [-0.05, 0) is 48.2 Å². The van der Waals surface area contributed by atoms with E-state index in [1.807, 2.05) is 25.1 Å². The predicted octanol–water partition coefficient (Wildman–Crippen LogP) is 3.41. The maximum absolute atomic E-state index is 11.9. The minimum atomic E-state index is -0.619. The minimum absolute atomic E-state index is 0.157. The molecule has 0 aromatic heterocycles. The van der Waals surface area contributed by atoms with E-state index >= 15 is 0 Å². The highest BCUT2D eigenvalue weighted by molar-refractivity contribution is 5.93. The van der Waals surface area contributed by atoms with Crippen LogP contribution in [0.15, 0.2) is 36.4 Å². The highest BCUT2D eigenvalue weighted by Crippen LogP contribution is 2.34. The van der Waals surface area contributed by atoms with Crippen LogP contribution < -0.4 is 19.5 Å². The van der Waals surface area contributed by atoms with Crippen LogP contribution in [0.4, 0.5) is 5.69 Å². The number of rotatable bonds is 7. The Morgan fingerprint density at radius 1 is 1.07 bits per heavy atom. The second-order valence-electron chi connectivity index (χ2n) is 6.74. The zero-order valence-electron chi connectivity index (χ0n) is 16.1. The first-order valence-corrected chi connectivity index (χ1v) is 9.01. The van der Waals surface area contributed by atoms with E-state index in [-0.39, 0.29) is 13.4 Å². The molecule has 1 heterocycles. The standard InChI is InChI=1S/C21H23NO6/c1-13(2)17-6-5-16(8-14(17)3)25-11-21(24)26-10-20(23)22-15-4-7-18-19(9-15)28-12-27-18/h4-9,13H,10-12H2,1-3H3,(H,22,23). The summed E-state index contributed by atoms with van der Waals surface area (Å²) in [5.74, 6) is 1.11. The Hall–Kier alpha value is -3.22. The number of ether oxygens (including phenoxy) is 4. The molecule has 1 N–H and O–H groups in total. The molecular weight excluding hydrogens is 362 g/mol. The fraction of sp³-hybridized carbons (Fsp3) is 0.333. The molecule has 7 nitrogen and oxygen atoms in total. The van der Waals surface area contributed by atoms with Crippen LogP contribution in [0, 0.1) is 6.92 Å². The van der Waals surface area contributed by atoms with Gasteiger partial charge in [-0.1, -0.05) is 19.9 Å². The van der Waals surface area contributed by atoms with E-state index in [2.05, 4.69) is 19.2 Å². The second kappa shape index (κ2) is 8.65. The molecule has 0 radical (unpaired) electrons. The van der Waals surface area contributed by atoms with E-state index in [1.54, 1.807) is 18.2 Å². The Balaban J connectivity index is 1.42. The summed E-state index contributed by atoms with van der Waals surface area (Å²) >= 11 is 0. The number of hydrogen-bond donors (Lipinski definition) is 1. The number of aryl methyl sites for hydroxylation is 1. The van der Waals surface area contributed by atoms with Gasteiger partial charge in [-0.15, -0.1) is 0 Å². The average Bonchev–Trinajstić information content (AvgIpc) is 3.12. The lowest BCUT2D eigenvalue weighted by molar-refractivity contribution is -0.149. The first kappa shape index (κ1) is 19.5. The molecule has 148 valence electrons. The van der Waals surface area contributed by atoms with E-state index in [9.17, 15) is 9.59 Å². The molecule has 7 heteroatoms. The Morgan fingerprint density at radius 3 is 2.61 bits per heavy atom. The quantitative estimate of drug-likeness (QED) is 0.736. The number of carbonyl (C=O) groups is 2. The second-order valence-corrected chi connectivity index (χ2v) is 6.74. The van der Waals surface area contributed by atoms with Crippen molar-refractivity contribution in [3.8, 4) is 17.2 Å². The lowest BCUT2D eigenvalue weighted by atomic mass is 9.98. The van der Waals surface area contributed by atoms with Crippen LogP contribution in [-0.2, 0) is 14.3 Å². The van der Waals surface area contributed by atoms with E-state index in [0.717, 1.165) is 5.56 Å². The monoisotopic (exact) mass is 385 g/mol. The largest absolute Gasteiger partial charge is 0.482 e. The number of anilines is 1. The lowest BCUT2D eigenvalue weighted by Crippen LogP contribution is -2.23. The molecule has 0 saturated heterocycles. The molecule has 0 fully saturated rings. The van der Waals surface area contributed by atoms with Crippen molar-refractivity contribution in [3.63, 3.8) is 0 Å². The molecule has 0 bridgehead atoms. The van der Waals surface area contributed by atoms with E-state index in [1.165, 1.54) is 5.56 Å². The Bertz CT molecular complexity index is 877. The van der Waals surface area contributed by atoms with E-state index in [4.69, 9.17) is 18.9 Å². The number of nitrogens with one attached hydrogen (secondary N) is 1. The highest BCUT2D eigenvalue weighted by Gasteiger charge is 2.15. The Morgan fingerprint density at radius 2 is 1.86 bits per heavy atom. The summed E-state index contributed by atoms with van der Waals surface area (Å²) in [5, 5.41) is 2.63. The molecule has 2 aromatic carbocycles. The van der Waals surface area contributed by atoms with Crippen molar-refractivity contribution in [2.24, 2.45) is 0 Å². The summed E-state index contributed by atoms with van der Waals surface area (Å²) in [6.07, 6.45) is 0. The average molecular weight is 385 g/mol. The third kappa shape index (κ3) is 4.94. The number of benzene rings is 2. The highest BCUT2D eigenvalue weighted by atomic mass is 16.7. The first-order chi connectivity index (χ1) is 13.4. The summed E-state index contributed by atoms with van der Waals surface area (Å²) in [4.78, 5) is 23.8. The first-order valence-electron chi connectivity index (χ1n) is 9.01. The van der Waals surface area contributed by atoms with Gasteiger partial charge in [0.1, 0.15) is 5.75 Å². The molecule has 1 aliphatic heterocycles. The van der Waals surface area contributed by atoms with Crippen LogP contribution in [0.3, 0.4) is 0 Å². The Kier molecular flexibility index (Phi) is 6.03. The zero-order chi connectivity index (χ0) is 20.1. The fourth-order valence-corrected chi connectivity index (χ4v) is 2.89. The third-order valence-corrected chi connectivity index (χ3v) is 4.24. The third-order valence-electron chi connectivity index (χ3n) is 4.24. The van der Waals surface area contributed by atoms with Crippen molar-refractivity contribution in [3.05, 3.63) is 47.5 Å². The molecule has 1 amide bonds. The van der Waals surface area contributed by atoms with Crippen LogP contribution in [0.1, 0.15) is 30.9 Å². The summed E-state index contributed by atoms with van der Waals surface area (Å²) < 4.78 is 20.9. The van der Waals surface area contributed by atoms with Crippen molar-refractivity contribution in [2.45, 2.75) is 26.7 Å². The smallest absolute Gasteiger partial charge is 0.344 e. The van der Waals surface area contributed by atoms with Crippen molar-refractivity contribution >= 4 is 17.6 Å². The maximum atomic E-state index is 11.9. The summed E-state index contributed by atoms with van der Waals surface area (Å²) in [6, 6.07) is 10.7. The van der Waals surface area contributed by atoms with Gasteiger partial charge in [0, 0.05) is 11.8 Å². The van der Waals surface area contributed by atoms with Crippen LogP contribution in [0.25, 0.3) is 0 Å². The summed E-state index contributed by atoms with van der Waals surface area (Å²) in [7, 11) is 0. The van der Waals surface area contributed by atoms with E-state index in [0.29, 0.717) is 28.9 Å². The molecule has 3 rings (SSSR count). The molecule has 28 heavy (non-hydrogen) atoms. The van der Waals surface area contributed by atoms with Crippen LogP contribution >= 0.6 is 0 Å². The molecule has 0 saturated carbocycles. The summed E-state index contributed by atoms with van der Waals surface area (Å²) in [6.45, 7) is 5.73. The van der Waals surface area contributed by atoms with Crippen molar-refractivity contribution in [2.75, 3.05) is 25.3 Å². The number of carbonyl (C=O) groups excluding carboxylic acids is 2. The zero-order valence-corrected chi connectivity index (χ0v) is 16.1. The molecule has 0 unspecified atom stereocenters. The van der Waals surface area contributed by atoms with E-state index < -0.39 is 18.5 Å². The van der Waals surface area contributed by atoms with Gasteiger partial charge in [0.15, 0.2) is 24.7 Å². The van der Waals surface area contributed by atoms with Crippen molar-refractivity contribution in [1.82, 2.24) is 0 Å². The van der Waals surface area contributed by atoms with Crippen LogP contribution in [-0.4, -0.2) is 31.9 Å². The lowest BCUT2D eigenvalue weighted by Gasteiger charge is -2.12. The SMILES string of the molecule is Cc1cc(OCC(=O)OCC(=O)Nc2ccc3c(c2)OCO3)ccc1C(C)C. The van der Waals surface area contributed by atoms with Gasteiger partial charge in [0.2, 0.25) is 6.79 Å². The molecule has 2 aromatic rings. The van der Waals surface area contributed by atoms with Gasteiger partial charge < -0.3 is 24.3 Å². The molecular formula is C21H23NO6. The topological polar surface area (TPSA) is 83.1 Å².